The van der Waals surface area contributed by atoms with Crippen molar-refractivity contribution in [2.45, 2.75) is 30.9 Å². The van der Waals surface area contributed by atoms with Gasteiger partial charge in [-0.1, -0.05) is 153 Å². The molecule has 0 saturated carbocycles. The lowest BCUT2D eigenvalue weighted by atomic mass is 9.82. The second kappa shape index (κ2) is 11.9. The van der Waals surface area contributed by atoms with Gasteiger partial charge >= 0.3 is 0 Å². The average Bonchev–Trinajstić information content (AvgIpc) is 3.69. The first-order valence-electron chi connectivity index (χ1n) is 17.1. The minimum Gasteiger partial charge on any atom is -0.311 e. The molecule has 2 nitrogen and oxygen atoms in total. The zero-order valence-corrected chi connectivity index (χ0v) is 28.5. The van der Waals surface area contributed by atoms with Crippen LogP contribution in [0.5, 0.6) is 0 Å². The normalized spacial score (nSPS) is 16.9. The molecule has 49 heavy (non-hydrogen) atoms. The van der Waals surface area contributed by atoms with Crippen LogP contribution in [0.1, 0.15) is 37.0 Å². The van der Waals surface area contributed by atoms with Crippen LogP contribution in [0, 0.1) is 0 Å². The zero-order chi connectivity index (χ0) is 33.0. The van der Waals surface area contributed by atoms with E-state index in [1.807, 2.05) is 11.8 Å². The van der Waals surface area contributed by atoms with Crippen LogP contribution in [0.25, 0.3) is 33.4 Å². The van der Waals surface area contributed by atoms with Gasteiger partial charge in [-0.2, -0.15) is 0 Å². The molecule has 3 heteroatoms. The van der Waals surface area contributed by atoms with Gasteiger partial charge < -0.3 is 4.90 Å². The molecule has 0 saturated heterocycles. The van der Waals surface area contributed by atoms with E-state index in [1.165, 1.54) is 50.1 Å². The number of anilines is 2. The van der Waals surface area contributed by atoms with Crippen molar-refractivity contribution in [1.29, 1.82) is 0 Å². The topological polar surface area (TPSA) is 15.6 Å². The number of hydrogen-bond acceptors (Lipinski definition) is 3. The van der Waals surface area contributed by atoms with Crippen molar-refractivity contribution < 1.29 is 0 Å². The third kappa shape index (κ3) is 5.26. The Kier molecular flexibility index (Phi) is 7.25. The van der Waals surface area contributed by atoms with Gasteiger partial charge in [-0.15, -0.1) is 0 Å². The molecular formula is C46H36N2S. The van der Waals surface area contributed by atoms with Crippen LogP contribution in [0.3, 0.4) is 0 Å². The maximum absolute atomic E-state index is 5.21. The molecule has 0 N–H and O–H groups in total. The highest BCUT2D eigenvalue weighted by molar-refractivity contribution is 8.15. The summed E-state index contributed by atoms with van der Waals surface area (Å²) in [7, 11) is 0. The predicted octanol–water partition coefficient (Wildman–Crippen LogP) is 12.2. The summed E-state index contributed by atoms with van der Waals surface area (Å²) in [5.41, 5.74) is 15.9. The van der Waals surface area contributed by atoms with E-state index in [0.717, 1.165) is 34.2 Å². The van der Waals surface area contributed by atoms with Crippen LogP contribution in [0.2, 0.25) is 0 Å². The molecule has 1 atom stereocenters. The minimum absolute atomic E-state index is 0.101. The van der Waals surface area contributed by atoms with Gasteiger partial charge in [0.05, 0.1) is 10.9 Å². The van der Waals surface area contributed by atoms with Gasteiger partial charge in [0.2, 0.25) is 0 Å². The molecular weight excluding hydrogens is 613 g/mol. The first kappa shape index (κ1) is 29.7. The lowest BCUT2D eigenvalue weighted by Gasteiger charge is -2.31. The van der Waals surface area contributed by atoms with Crippen LogP contribution in [0.4, 0.5) is 11.4 Å². The Balaban J connectivity index is 1.23. The molecule has 6 aromatic carbocycles. The first-order chi connectivity index (χ1) is 24.0. The molecule has 0 aromatic heterocycles. The Bertz CT molecular complexity index is 2240. The van der Waals surface area contributed by atoms with Crippen molar-refractivity contribution in [3.63, 3.8) is 0 Å². The summed E-state index contributed by atoms with van der Waals surface area (Å²) in [6.07, 6.45) is 5.66. The second-order valence-corrected chi connectivity index (χ2v) is 14.8. The van der Waals surface area contributed by atoms with E-state index in [0.29, 0.717) is 5.25 Å². The van der Waals surface area contributed by atoms with Crippen LogP contribution in [-0.2, 0) is 5.41 Å². The second-order valence-electron chi connectivity index (χ2n) is 13.6. The summed E-state index contributed by atoms with van der Waals surface area (Å²) >= 11 is 1.88. The van der Waals surface area contributed by atoms with E-state index >= 15 is 0 Å². The fourth-order valence-electron chi connectivity index (χ4n) is 7.63. The number of rotatable bonds is 6. The monoisotopic (exact) mass is 648 g/mol. The van der Waals surface area contributed by atoms with Crippen molar-refractivity contribution in [3.8, 4) is 33.4 Å². The number of aliphatic imine (C=N–C) groups is 1. The molecule has 0 amide bonds. The third-order valence-corrected chi connectivity index (χ3v) is 11.4. The van der Waals surface area contributed by atoms with E-state index in [-0.39, 0.29) is 5.41 Å². The largest absolute Gasteiger partial charge is 0.311 e. The van der Waals surface area contributed by atoms with Gasteiger partial charge in [-0.05, 0) is 87.3 Å². The highest BCUT2D eigenvalue weighted by Gasteiger charge is 2.36. The molecule has 2 aliphatic carbocycles. The molecule has 6 aromatic rings. The lowest BCUT2D eigenvalue weighted by molar-refractivity contribution is 0.660. The predicted molar refractivity (Wildman–Crippen MR) is 209 cm³/mol. The highest BCUT2D eigenvalue weighted by Crippen LogP contribution is 2.51. The van der Waals surface area contributed by atoms with Crippen LogP contribution < -0.4 is 4.90 Å². The number of benzene rings is 6. The van der Waals surface area contributed by atoms with E-state index in [9.17, 15) is 0 Å². The van der Waals surface area contributed by atoms with E-state index in [2.05, 4.69) is 183 Å². The number of nitrogens with zero attached hydrogens (tertiary/aromatic N) is 2. The molecule has 0 fully saturated rings. The average molecular weight is 649 g/mol. The summed E-state index contributed by atoms with van der Waals surface area (Å²) in [6, 6.07) is 55.0. The minimum atomic E-state index is -0.101. The Morgan fingerprint density at radius 3 is 1.84 bits per heavy atom. The van der Waals surface area contributed by atoms with E-state index < -0.39 is 0 Å². The van der Waals surface area contributed by atoms with Gasteiger partial charge in [0, 0.05) is 28.1 Å². The molecule has 0 radical (unpaired) electrons. The Morgan fingerprint density at radius 1 is 0.571 bits per heavy atom. The van der Waals surface area contributed by atoms with Crippen molar-refractivity contribution in [2.24, 2.45) is 4.99 Å². The van der Waals surface area contributed by atoms with Gasteiger partial charge in [0.1, 0.15) is 5.04 Å². The summed E-state index contributed by atoms with van der Waals surface area (Å²) in [4.78, 5) is 7.67. The molecule has 236 valence electrons. The van der Waals surface area contributed by atoms with Gasteiger partial charge in [-0.25, -0.2) is 4.99 Å². The summed E-state index contributed by atoms with van der Waals surface area (Å²) in [5.74, 6) is 0. The van der Waals surface area contributed by atoms with Crippen LogP contribution >= 0.6 is 11.8 Å². The van der Waals surface area contributed by atoms with Gasteiger partial charge in [-0.3, -0.25) is 0 Å². The SMILES string of the molecule is CC1(C)c2ccccc2-c2ccc(N(C3=CCC4SC(c5ccccc5)=NC4=C3)c3cc(-c4ccccc4)cc(-c4ccccc4)c3)cc21. The standard InChI is InChI=1S/C46H36N2S/c1-46(2)41-21-13-12-20-39(41)40-24-22-36(29-42(40)46)48(37-23-25-44-43(30-37)47-45(49-44)33-18-10-5-11-19-33)38-27-34(31-14-6-3-7-15-31)26-35(28-38)32-16-8-4-9-17-32/h3-24,26-30,44H,25H2,1-2H3. The Morgan fingerprint density at radius 2 is 1.16 bits per heavy atom. The molecule has 0 bridgehead atoms. The number of fused-ring (bicyclic) bond motifs is 4. The van der Waals surface area contributed by atoms with Crippen LogP contribution in [-0.4, -0.2) is 10.3 Å². The maximum atomic E-state index is 5.21. The number of hydrogen-bond donors (Lipinski definition) is 0. The summed E-state index contributed by atoms with van der Waals surface area (Å²) in [6.45, 7) is 4.72. The number of thioether (sulfide) groups is 1. The van der Waals surface area contributed by atoms with Crippen LogP contribution in [0.15, 0.2) is 180 Å². The van der Waals surface area contributed by atoms with Gasteiger partial charge in [0.15, 0.2) is 0 Å². The van der Waals surface area contributed by atoms with Crippen molar-refractivity contribution in [1.82, 2.24) is 0 Å². The van der Waals surface area contributed by atoms with Crippen molar-refractivity contribution >= 4 is 28.2 Å². The number of allylic oxidation sites excluding steroid dienone is 2. The highest BCUT2D eigenvalue weighted by atomic mass is 32.2. The Hall–Kier alpha value is -5.38. The first-order valence-corrected chi connectivity index (χ1v) is 17.9. The van der Waals surface area contributed by atoms with Gasteiger partial charge in [0.25, 0.3) is 0 Å². The molecule has 1 aliphatic heterocycles. The van der Waals surface area contributed by atoms with E-state index in [1.54, 1.807) is 0 Å². The molecule has 1 unspecified atom stereocenters. The van der Waals surface area contributed by atoms with Crippen molar-refractivity contribution in [3.05, 3.63) is 192 Å². The summed E-state index contributed by atoms with van der Waals surface area (Å²) < 4.78 is 0. The fourth-order valence-corrected chi connectivity index (χ4v) is 8.76. The maximum Gasteiger partial charge on any atom is 0.104 e. The molecule has 1 heterocycles. The van der Waals surface area contributed by atoms with Crippen molar-refractivity contribution in [2.75, 3.05) is 4.90 Å². The molecule has 9 rings (SSSR count). The zero-order valence-electron chi connectivity index (χ0n) is 27.7. The fraction of sp³-hybridized carbons (Fsp3) is 0.109. The lowest BCUT2D eigenvalue weighted by Crippen LogP contribution is -2.21. The quantitative estimate of drug-likeness (QED) is 0.179. The van der Waals surface area contributed by atoms with E-state index in [4.69, 9.17) is 4.99 Å². The summed E-state index contributed by atoms with van der Waals surface area (Å²) in [5, 5.41) is 1.43. The molecule has 3 aliphatic rings. The third-order valence-electron chi connectivity index (χ3n) is 10.1. The Labute approximate surface area is 293 Å². The molecule has 0 spiro atoms. The smallest absolute Gasteiger partial charge is 0.104 e.